The fraction of sp³-hybridized carbons (Fsp3) is 0.727. The van der Waals surface area contributed by atoms with Gasteiger partial charge in [-0.15, -0.1) is 5.10 Å². The van der Waals surface area contributed by atoms with E-state index in [1.54, 1.807) is 4.68 Å². The number of aliphatic carboxylic acids is 1. The van der Waals surface area contributed by atoms with Gasteiger partial charge in [0.1, 0.15) is 0 Å². The van der Waals surface area contributed by atoms with Gasteiger partial charge in [0, 0.05) is 24.6 Å². The smallest absolute Gasteiger partial charge is 0.550 e. The number of aromatic nitrogens is 3. The Morgan fingerprint density at radius 3 is 2.88 bits per heavy atom. The zero-order valence-electron chi connectivity index (χ0n) is 10.8. The maximum Gasteiger partial charge on any atom is 1.00 e. The van der Waals surface area contributed by atoms with Crippen LogP contribution < -0.4 is 34.7 Å². The molecule has 0 aliphatic rings. The molecular formula is C11H18N3NaO2. The van der Waals surface area contributed by atoms with Crippen LogP contribution in [0.5, 0.6) is 0 Å². The topological polar surface area (TPSA) is 70.8 Å². The van der Waals surface area contributed by atoms with E-state index in [9.17, 15) is 9.90 Å². The Kier molecular flexibility index (Phi) is 8.47. The zero-order chi connectivity index (χ0) is 12.0. The molecule has 0 radical (unpaired) electrons. The number of carbonyl (C=O) groups is 1. The van der Waals surface area contributed by atoms with Crippen molar-refractivity contribution < 1.29 is 39.5 Å². The van der Waals surface area contributed by atoms with Gasteiger partial charge in [-0.05, 0) is 19.3 Å². The predicted molar refractivity (Wildman–Crippen MR) is 57.6 cm³/mol. The molecule has 1 aromatic rings. The summed E-state index contributed by atoms with van der Waals surface area (Å²) in [5.41, 5.74) is 0.982. The van der Waals surface area contributed by atoms with Crippen molar-refractivity contribution in [3.8, 4) is 0 Å². The van der Waals surface area contributed by atoms with Crippen LogP contribution >= 0.6 is 0 Å². The molecule has 1 unspecified atom stereocenters. The normalized spacial score (nSPS) is 11.9. The molecule has 0 aliphatic heterocycles. The fourth-order valence-corrected chi connectivity index (χ4v) is 1.61. The summed E-state index contributed by atoms with van der Waals surface area (Å²) in [6.45, 7) is 4.85. The molecule has 0 aliphatic carbocycles. The van der Waals surface area contributed by atoms with Gasteiger partial charge in [0.15, 0.2) is 0 Å². The quantitative estimate of drug-likeness (QED) is 0.509. The molecule has 1 rings (SSSR count). The molecule has 1 aromatic heterocycles. The molecule has 0 N–H and O–H groups in total. The second-order valence-corrected chi connectivity index (χ2v) is 4.07. The van der Waals surface area contributed by atoms with E-state index in [0.29, 0.717) is 18.9 Å². The maximum atomic E-state index is 10.2. The third-order valence-corrected chi connectivity index (χ3v) is 2.55. The number of hydrogen-bond acceptors (Lipinski definition) is 4. The molecule has 5 nitrogen and oxygen atoms in total. The number of hydrogen-bond donors (Lipinski definition) is 0. The SMILES string of the molecule is CCCC(C)c1cn(CCCC(=O)[O-])nn1.[Na+]. The first-order valence-corrected chi connectivity index (χ1v) is 5.73. The molecule has 0 fully saturated rings. The molecule has 0 bridgehead atoms. The molecule has 0 aromatic carbocycles. The molecule has 1 atom stereocenters. The predicted octanol–water partition coefficient (Wildman–Crippen LogP) is -2.28. The van der Waals surface area contributed by atoms with Crippen LogP contribution in [-0.2, 0) is 11.3 Å². The molecule has 1 heterocycles. The molecule has 0 spiro atoms. The van der Waals surface area contributed by atoms with Crippen LogP contribution in [0.25, 0.3) is 0 Å². The Morgan fingerprint density at radius 2 is 2.29 bits per heavy atom. The number of carboxylic acid groups (broad SMARTS) is 1. The van der Waals surface area contributed by atoms with E-state index in [1.807, 2.05) is 6.20 Å². The van der Waals surface area contributed by atoms with Gasteiger partial charge >= 0.3 is 29.6 Å². The zero-order valence-corrected chi connectivity index (χ0v) is 12.8. The monoisotopic (exact) mass is 247 g/mol. The fourth-order valence-electron chi connectivity index (χ4n) is 1.61. The minimum atomic E-state index is -1.01. The summed E-state index contributed by atoms with van der Waals surface area (Å²) in [5, 5.41) is 18.3. The van der Waals surface area contributed by atoms with Crippen molar-refractivity contribution in [2.24, 2.45) is 0 Å². The van der Waals surface area contributed by atoms with E-state index in [1.165, 1.54) is 0 Å². The number of nitrogens with zero attached hydrogens (tertiary/aromatic N) is 3. The van der Waals surface area contributed by atoms with Gasteiger partial charge in [0.2, 0.25) is 0 Å². The molecule has 17 heavy (non-hydrogen) atoms. The summed E-state index contributed by atoms with van der Waals surface area (Å²) in [7, 11) is 0. The third kappa shape index (κ3) is 6.19. The second kappa shape index (κ2) is 8.66. The van der Waals surface area contributed by atoms with Gasteiger partial charge in [0.25, 0.3) is 0 Å². The van der Waals surface area contributed by atoms with E-state index in [-0.39, 0.29) is 36.0 Å². The van der Waals surface area contributed by atoms with Crippen LogP contribution in [0.15, 0.2) is 6.20 Å². The Balaban J connectivity index is 0.00000256. The summed E-state index contributed by atoms with van der Waals surface area (Å²) in [5.74, 6) is -0.598. The van der Waals surface area contributed by atoms with Crippen molar-refractivity contribution in [2.75, 3.05) is 0 Å². The van der Waals surface area contributed by atoms with E-state index in [4.69, 9.17) is 0 Å². The Labute approximate surface area is 124 Å². The van der Waals surface area contributed by atoms with Gasteiger partial charge in [0.05, 0.1) is 5.69 Å². The summed E-state index contributed by atoms with van der Waals surface area (Å²) in [6.07, 6.45) is 4.72. The van der Waals surface area contributed by atoms with Crippen LogP contribution in [0, 0.1) is 0 Å². The Bertz CT molecular complexity index is 341. The molecular weight excluding hydrogens is 229 g/mol. The summed E-state index contributed by atoms with van der Waals surface area (Å²) >= 11 is 0. The van der Waals surface area contributed by atoms with Crippen molar-refractivity contribution in [3.05, 3.63) is 11.9 Å². The van der Waals surface area contributed by atoms with E-state index in [0.717, 1.165) is 18.5 Å². The van der Waals surface area contributed by atoms with Crippen LogP contribution in [0.3, 0.4) is 0 Å². The van der Waals surface area contributed by atoms with Gasteiger partial charge < -0.3 is 9.90 Å². The van der Waals surface area contributed by atoms with E-state index >= 15 is 0 Å². The first-order chi connectivity index (χ1) is 7.63. The van der Waals surface area contributed by atoms with Crippen molar-refractivity contribution in [3.63, 3.8) is 0 Å². The first-order valence-electron chi connectivity index (χ1n) is 5.73. The van der Waals surface area contributed by atoms with Crippen molar-refractivity contribution >= 4 is 5.97 Å². The number of rotatable bonds is 7. The third-order valence-electron chi connectivity index (χ3n) is 2.55. The van der Waals surface area contributed by atoms with Gasteiger partial charge in [-0.2, -0.15) is 0 Å². The standard InChI is InChI=1S/C11H19N3O2.Na/c1-3-5-9(2)10-8-14(13-12-10)7-4-6-11(15)16;/h8-9H,3-7H2,1-2H3,(H,15,16);/q;+1/p-1. The van der Waals surface area contributed by atoms with Crippen LogP contribution in [0.2, 0.25) is 0 Å². The summed E-state index contributed by atoms with van der Waals surface area (Å²) in [6, 6.07) is 0. The van der Waals surface area contributed by atoms with Gasteiger partial charge in [-0.25, -0.2) is 0 Å². The Morgan fingerprint density at radius 1 is 1.59 bits per heavy atom. The van der Waals surface area contributed by atoms with Gasteiger partial charge in [-0.3, -0.25) is 4.68 Å². The molecule has 90 valence electrons. The van der Waals surface area contributed by atoms with Crippen LogP contribution in [0.1, 0.15) is 51.1 Å². The second-order valence-electron chi connectivity index (χ2n) is 4.07. The minimum Gasteiger partial charge on any atom is -0.550 e. The van der Waals surface area contributed by atoms with E-state index in [2.05, 4.69) is 24.2 Å². The van der Waals surface area contributed by atoms with Crippen molar-refractivity contribution in [2.45, 2.75) is 52.0 Å². The number of carboxylic acids is 1. The summed E-state index contributed by atoms with van der Waals surface area (Å²) < 4.78 is 1.70. The minimum absolute atomic E-state index is 0. The average molecular weight is 247 g/mol. The number of carbonyl (C=O) groups excluding carboxylic acids is 1. The van der Waals surface area contributed by atoms with Crippen LogP contribution in [0.4, 0.5) is 0 Å². The molecule has 0 saturated carbocycles. The molecule has 0 saturated heterocycles. The van der Waals surface area contributed by atoms with E-state index < -0.39 is 5.97 Å². The summed E-state index contributed by atoms with van der Waals surface area (Å²) in [4.78, 5) is 10.2. The van der Waals surface area contributed by atoms with Crippen LogP contribution in [-0.4, -0.2) is 21.0 Å². The molecule has 6 heteroatoms. The maximum absolute atomic E-state index is 10.2. The van der Waals surface area contributed by atoms with Crippen molar-refractivity contribution in [1.29, 1.82) is 0 Å². The van der Waals surface area contributed by atoms with Crippen molar-refractivity contribution in [1.82, 2.24) is 15.0 Å². The van der Waals surface area contributed by atoms with Gasteiger partial charge in [-0.1, -0.05) is 25.5 Å². The number of aryl methyl sites for hydroxylation is 1. The molecule has 0 amide bonds. The largest absolute Gasteiger partial charge is 1.00 e. The first kappa shape index (κ1) is 16.6. The Hall–Kier alpha value is -0.390. The average Bonchev–Trinajstić information content (AvgIpc) is 2.66.